The highest BCUT2D eigenvalue weighted by Crippen LogP contribution is 2.54. The van der Waals surface area contributed by atoms with E-state index in [1.807, 2.05) is 44.2 Å². The highest BCUT2D eigenvalue weighted by Gasteiger charge is 2.33. The standard InChI is InChI=1S/C11H13O2P/c1-9-8-14(12,13-10(9)2)11-6-4-3-5-7-11/h3-7H,8H2,1-2H3. The number of hydrogen-bond donors (Lipinski definition) is 0. The van der Waals surface area contributed by atoms with Gasteiger partial charge in [-0.25, -0.2) is 0 Å². The molecule has 3 heteroatoms. The summed E-state index contributed by atoms with van der Waals surface area (Å²) >= 11 is 0. The maximum Gasteiger partial charge on any atom is 0.280 e. The maximum absolute atomic E-state index is 12.4. The SMILES string of the molecule is CC1=C(C)OP(=O)(c2ccccc2)C1. The summed E-state index contributed by atoms with van der Waals surface area (Å²) in [6, 6.07) is 9.43. The molecule has 1 atom stereocenters. The molecule has 1 aliphatic heterocycles. The summed E-state index contributed by atoms with van der Waals surface area (Å²) in [5.74, 6) is 0.817. The van der Waals surface area contributed by atoms with E-state index in [0.717, 1.165) is 16.6 Å². The van der Waals surface area contributed by atoms with Gasteiger partial charge in [-0.1, -0.05) is 18.2 Å². The minimum absolute atomic E-state index is 0.558. The Bertz CT molecular complexity index is 402. The third-order valence-corrected chi connectivity index (χ3v) is 5.02. The minimum Gasteiger partial charge on any atom is -0.444 e. The molecular formula is C11H13O2P. The predicted molar refractivity (Wildman–Crippen MR) is 58.0 cm³/mol. The molecule has 1 aromatic carbocycles. The molecule has 1 aliphatic rings. The second-order valence-corrected chi connectivity index (χ2v) is 5.96. The molecule has 14 heavy (non-hydrogen) atoms. The highest BCUT2D eigenvalue weighted by molar-refractivity contribution is 7.67. The first-order chi connectivity index (χ1) is 6.62. The Morgan fingerprint density at radius 2 is 1.86 bits per heavy atom. The second kappa shape index (κ2) is 3.29. The van der Waals surface area contributed by atoms with Gasteiger partial charge in [0.05, 0.1) is 6.16 Å². The van der Waals surface area contributed by atoms with Gasteiger partial charge in [-0.2, -0.15) is 0 Å². The van der Waals surface area contributed by atoms with E-state index in [1.54, 1.807) is 0 Å². The fourth-order valence-electron chi connectivity index (χ4n) is 1.55. The summed E-state index contributed by atoms with van der Waals surface area (Å²) in [6.07, 6.45) is 0.558. The van der Waals surface area contributed by atoms with Gasteiger partial charge < -0.3 is 4.52 Å². The number of hydrogen-bond acceptors (Lipinski definition) is 2. The van der Waals surface area contributed by atoms with E-state index >= 15 is 0 Å². The van der Waals surface area contributed by atoms with Crippen molar-refractivity contribution in [1.82, 2.24) is 0 Å². The smallest absolute Gasteiger partial charge is 0.280 e. The molecule has 0 saturated carbocycles. The molecule has 0 saturated heterocycles. The van der Waals surface area contributed by atoms with Crippen molar-refractivity contribution in [3.63, 3.8) is 0 Å². The van der Waals surface area contributed by atoms with Crippen LogP contribution < -0.4 is 5.30 Å². The third-order valence-electron chi connectivity index (χ3n) is 2.48. The molecule has 0 N–H and O–H groups in total. The maximum atomic E-state index is 12.4. The summed E-state index contributed by atoms with van der Waals surface area (Å²) in [4.78, 5) is 0. The molecule has 1 aromatic rings. The molecule has 1 heterocycles. The zero-order valence-corrected chi connectivity index (χ0v) is 9.25. The zero-order chi connectivity index (χ0) is 10.2. The lowest BCUT2D eigenvalue weighted by Crippen LogP contribution is -2.05. The molecule has 0 aromatic heterocycles. The van der Waals surface area contributed by atoms with Crippen molar-refractivity contribution in [1.29, 1.82) is 0 Å². The quantitative estimate of drug-likeness (QED) is 0.663. The molecule has 0 aliphatic carbocycles. The van der Waals surface area contributed by atoms with E-state index in [0.29, 0.717) is 6.16 Å². The predicted octanol–water partition coefficient (Wildman–Crippen LogP) is 2.91. The average Bonchev–Trinajstić information content (AvgIpc) is 2.44. The van der Waals surface area contributed by atoms with Crippen LogP contribution in [-0.2, 0) is 9.09 Å². The van der Waals surface area contributed by atoms with Gasteiger partial charge in [0.15, 0.2) is 0 Å². The Morgan fingerprint density at radius 3 is 2.36 bits per heavy atom. The van der Waals surface area contributed by atoms with Crippen molar-refractivity contribution in [3.05, 3.63) is 41.7 Å². The average molecular weight is 208 g/mol. The van der Waals surface area contributed by atoms with E-state index in [-0.39, 0.29) is 0 Å². The molecule has 0 fully saturated rings. The number of rotatable bonds is 1. The van der Waals surface area contributed by atoms with Gasteiger partial charge in [0.25, 0.3) is 7.37 Å². The van der Waals surface area contributed by atoms with E-state index in [9.17, 15) is 4.57 Å². The van der Waals surface area contributed by atoms with Gasteiger partial charge in [-0.3, -0.25) is 4.57 Å². The molecule has 2 nitrogen and oxygen atoms in total. The topological polar surface area (TPSA) is 26.3 Å². The van der Waals surface area contributed by atoms with Gasteiger partial charge in [-0.05, 0) is 31.6 Å². The van der Waals surface area contributed by atoms with Gasteiger partial charge in [0, 0.05) is 5.30 Å². The monoisotopic (exact) mass is 208 g/mol. The normalized spacial score (nSPS) is 26.4. The van der Waals surface area contributed by atoms with Crippen LogP contribution in [0.15, 0.2) is 41.7 Å². The van der Waals surface area contributed by atoms with Crippen LogP contribution in [-0.4, -0.2) is 6.16 Å². The molecular weight excluding hydrogens is 195 g/mol. The van der Waals surface area contributed by atoms with Crippen molar-refractivity contribution in [3.8, 4) is 0 Å². The molecule has 2 rings (SSSR count). The van der Waals surface area contributed by atoms with Crippen LogP contribution in [0.5, 0.6) is 0 Å². The Kier molecular flexibility index (Phi) is 2.24. The summed E-state index contributed by atoms with van der Waals surface area (Å²) < 4.78 is 17.9. The van der Waals surface area contributed by atoms with E-state index in [2.05, 4.69) is 0 Å². The fraction of sp³-hybridized carbons (Fsp3) is 0.273. The first-order valence-electron chi connectivity index (χ1n) is 4.62. The fourth-order valence-corrected chi connectivity index (χ4v) is 3.98. The van der Waals surface area contributed by atoms with Crippen molar-refractivity contribution >= 4 is 12.7 Å². The number of allylic oxidation sites excluding steroid dienone is 2. The first kappa shape index (κ1) is 9.54. The van der Waals surface area contributed by atoms with Crippen LogP contribution in [0, 0.1) is 0 Å². The van der Waals surface area contributed by atoms with E-state index in [1.165, 1.54) is 0 Å². The third kappa shape index (κ3) is 1.51. The lowest BCUT2D eigenvalue weighted by atomic mass is 10.3. The van der Waals surface area contributed by atoms with Gasteiger partial charge in [-0.15, -0.1) is 0 Å². The zero-order valence-electron chi connectivity index (χ0n) is 8.36. The number of benzene rings is 1. The molecule has 0 spiro atoms. The van der Waals surface area contributed by atoms with Crippen LogP contribution in [0.1, 0.15) is 13.8 Å². The van der Waals surface area contributed by atoms with Gasteiger partial charge in [0.2, 0.25) is 0 Å². The summed E-state index contributed by atoms with van der Waals surface area (Å²) in [6.45, 7) is 3.84. The van der Waals surface area contributed by atoms with E-state index < -0.39 is 7.37 Å². The summed E-state index contributed by atoms with van der Waals surface area (Å²) in [5.41, 5.74) is 1.09. The summed E-state index contributed by atoms with van der Waals surface area (Å²) in [7, 11) is -2.61. The van der Waals surface area contributed by atoms with Crippen molar-refractivity contribution in [2.45, 2.75) is 13.8 Å². The van der Waals surface area contributed by atoms with Crippen molar-refractivity contribution < 1.29 is 9.09 Å². The lowest BCUT2D eigenvalue weighted by molar-refractivity contribution is 0.428. The summed E-state index contributed by atoms with van der Waals surface area (Å²) in [5, 5.41) is 0.816. The second-order valence-electron chi connectivity index (χ2n) is 3.59. The Morgan fingerprint density at radius 1 is 1.21 bits per heavy atom. The Balaban J connectivity index is 2.35. The molecule has 74 valence electrons. The molecule has 0 amide bonds. The Labute approximate surface area is 84.1 Å². The largest absolute Gasteiger partial charge is 0.444 e. The first-order valence-corrected chi connectivity index (χ1v) is 6.43. The van der Waals surface area contributed by atoms with E-state index in [4.69, 9.17) is 4.52 Å². The highest BCUT2D eigenvalue weighted by atomic mass is 31.2. The minimum atomic E-state index is -2.61. The van der Waals surface area contributed by atoms with Crippen LogP contribution in [0.3, 0.4) is 0 Å². The van der Waals surface area contributed by atoms with Gasteiger partial charge >= 0.3 is 0 Å². The van der Waals surface area contributed by atoms with Crippen LogP contribution in [0.25, 0.3) is 0 Å². The molecule has 0 radical (unpaired) electrons. The molecule has 0 bridgehead atoms. The molecule has 1 unspecified atom stereocenters. The Hall–Kier alpha value is -1.01. The van der Waals surface area contributed by atoms with Crippen LogP contribution in [0.2, 0.25) is 0 Å². The van der Waals surface area contributed by atoms with Crippen LogP contribution in [0.4, 0.5) is 0 Å². The lowest BCUT2D eigenvalue weighted by Gasteiger charge is -2.12. The van der Waals surface area contributed by atoms with Crippen LogP contribution >= 0.6 is 7.37 Å². The van der Waals surface area contributed by atoms with Crippen molar-refractivity contribution in [2.24, 2.45) is 0 Å². The van der Waals surface area contributed by atoms with Gasteiger partial charge in [0.1, 0.15) is 5.76 Å². The van der Waals surface area contributed by atoms with Crippen molar-refractivity contribution in [2.75, 3.05) is 6.16 Å².